The number of carbonyl (C=O) groups is 1. The number of urea groups is 1. The van der Waals surface area contributed by atoms with E-state index < -0.39 is 0 Å². The van der Waals surface area contributed by atoms with Crippen molar-refractivity contribution >= 4 is 41.1 Å². The quantitative estimate of drug-likeness (QED) is 0.494. The van der Waals surface area contributed by atoms with E-state index in [1.54, 1.807) is 18.0 Å². The van der Waals surface area contributed by atoms with Crippen LogP contribution in [0.5, 0.6) is 0 Å². The zero-order valence-electron chi connectivity index (χ0n) is 14.5. The van der Waals surface area contributed by atoms with Gasteiger partial charge in [0.2, 0.25) is 0 Å². The molecule has 0 fully saturated rings. The maximum Gasteiger partial charge on any atom is 0.339 e. The first kappa shape index (κ1) is 17.2. The van der Waals surface area contributed by atoms with Gasteiger partial charge >= 0.3 is 6.03 Å². The van der Waals surface area contributed by atoms with E-state index in [2.05, 4.69) is 45.0 Å². The van der Waals surface area contributed by atoms with E-state index in [1.165, 1.54) is 9.79 Å². The molecule has 1 aliphatic rings. The minimum atomic E-state index is -0.368. The van der Waals surface area contributed by atoms with Gasteiger partial charge in [-0.15, -0.1) is 0 Å². The first-order chi connectivity index (χ1) is 13.3. The van der Waals surface area contributed by atoms with Gasteiger partial charge in [-0.3, -0.25) is 0 Å². The molecular formula is C21H18N4OS. The molecule has 0 aliphatic carbocycles. The molecule has 0 unspecified atom stereocenters. The second kappa shape index (κ2) is 7.97. The fourth-order valence-corrected chi connectivity index (χ4v) is 3.98. The van der Waals surface area contributed by atoms with Crippen molar-refractivity contribution in [3.63, 3.8) is 0 Å². The summed E-state index contributed by atoms with van der Waals surface area (Å²) in [5, 5.41) is 6.80. The Morgan fingerprint density at radius 2 is 1.48 bits per heavy atom. The molecule has 27 heavy (non-hydrogen) atoms. The lowest BCUT2D eigenvalue weighted by molar-refractivity contribution is 0.252. The van der Waals surface area contributed by atoms with E-state index >= 15 is 0 Å². The number of rotatable bonds is 4. The molecule has 4 rings (SSSR count). The van der Waals surface area contributed by atoms with Crippen molar-refractivity contribution in [3.05, 3.63) is 78.9 Å². The van der Waals surface area contributed by atoms with Gasteiger partial charge in [-0.05, 0) is 36.4 Å². The minimum absolute atomic E-state index is 0.368. The standard InChI is InChI=1S/C21H18N4OS/c26-21(23-16-8-2-1-3-9-16)24-22-14-15-25-17-10-4-6-12-19(17)27-20-13-7-5-11-18(20)25/h1-14H,15H2,(H2,23,24,26). The molecule has 0 saturated carbocycles. The third-order valence-corrected chi connectivity index (χ3v) is 5.22. The normalized spacial score (nSPS) is 12.4. The summed E-state index contributed by atoms with van der Waals surface area (Å²) in [6, 6.07) is 25.5. The highest BCUT2D eigenvalue weighted by Gasteiger charge is 2.21. The number of nitrogens with one attached hydrogen (secondary N) is 2. The Hall–Kier alpha value is -3.25. The van der Waals surface area contributed by atoms with Crippen LogP contribution < -0.4 is 15.6 Å². The molecule has 1 aliphatic heterocycles. The third kappa shape index (κ3) is 3.96. The number of hydrogen-bond acceptors (Lipinski definition) is 4. The molecule has 0 aromatic heterocycles. The number of para-hydroxylation sites is 3. The average molecular weight is 374 g/mol. The van der Waals surface area contributed by atoms with Gasteiger partial charge in [0.25, 0.3) is 0 Å². The Bertz CT molecular complexity index is 929. The van der Waals surface area contributed by atoms with Crippen LogP contribution >= 0.6 is 11.8 Å². The molecule has 0 spiro atoms. The molecule has 3 aromatic rings. The van der Waals surface area contributed by atoms with Gasteiger partial charge < -0.3 is 10.2 Å². The minimum Gasteiger partial charge on any atom is -0.334 e. The molecule has 1 heterocycles. The summed E-state index contributed by atoms with van der Waals surface area (Å²) < 4.78 is 0. The number of fused-ring (bicyclic) bond motifs is 2. The Balaban J connectivity index is 1.44. The molecule has 3 aromatic carbocycles. The summed E-state index contributed by atoms with van der Waals surface area (Å²) in [4.78, 5) is 16.5. The fraction of sp³-hybridized carbons (Fsp3) is 0.0476. The highest BCUT2D eigenvalue weighted by Crippen LogP contribution is 2.47. The monoisotopic (exact) mass is 374 g/mol. The zero-order chi connectivity index (χ0) is 18.5. The van der Waals surface area contributed by atoms with Gasteiger partial charge in [0, 0.05) is 21.7 Å². The first-order valence-electron chi connectivity index (χ1n) is 8.58. The maximum atomic E-state index is 11.9. The van der Waals surface area contributed by atoms with E-state index in [0.717, 1.165) is 17.1 Å². The predicted molar refractivity (Wildman–Crippen MR) is 111 cm³/mol. The Kier molecular flexibility index (Phi) is 5.07. The average Bonchev–Trinajstić information content (AvgIpc) is 2.71. The summed E-state index contributed by atoms with van der Waals surface area (Å²) in [6.45, 7) is 0.556. The van der Waals surface area contributed by atoms with Gasteiger partial charge in [0.05, 0.1) is 17.9 Å². The number of nitrogens with zero attached hydrogens (tertiary/aromatic N) is 2. The van der Waals surface area contributed by atoms with E-state index in [9.17, 15) is 4.79 Å². The molecule has 0 radical (unpaired) electrons. The lowest BCUT2D eigenvalue weighted by atomic mass is 10.2. The second-order valence-corrected chi connectivity index (χ2v) is 6.98. The molecule has 0 atom stereocenters. The Morgan fingerprint density at radius 3 is 2.15 bits per heavy atom. The van der Waals surface area contributed by atoms with E-state index in [-0.39, 0.29) is 6.03 Å². The van der Waals surface area contributed by atoms with Crippen LogP contribution in [0.3, 0.4) is 0 Å². The molecular weight excluding hydrogens is 356 g/mol. The molecule has 2 amide bonds. The number of anilines is 3. The van der Waals surface area contributed by atoms with E-state index in [4.69, 9.17) is 0 Å². The molecule has 134 valence electrons. The molecule has 5 nitrogen and oxygen atoms in total. The highest BCUT2D eigenvalue weighted by atomic mass is 32.2. The number of carbonyl (C=O) groups excluding carboxylic acids is 1. The zero-order valence-corrected chi connectivity index (χ0v) is 15.3. The van der Waals surface area contributed by atoms with Crippen LogP contribution in [0, 0.1) is 0 Å². The lowest BCUT2D eigenvalue weighted by Crippen LogP contribution is -2.26. The number of benzene rings is 3. The summed E-state index contributed by atoms with van der Waals surface area (Å²) in [6.07, 6.45) is 1.70. The number of hydrogen-bond donors (Lipinski definition) is 2. The molecule has 0 saturated heterocycles. The van der Waals surface area contributed by atoms with Gasteiger partial charge in [0.15, 0.2) is 0 Å². The van der Waals surface area contributed by atoms with Crippen molar-refractivity contribution < 1.29 is 4.79 Å². The van der Waals surface area contributed by atoms with Crippen molar-refractivity contribution in [3.8, 4) is 0 Å². The van der Waals surface area contributed by atoms with Crippen molar-refractivity contribution in [2.24, 2.45) is 5.10 Å². The van der Waals surface area contributed by atoms with Gasteiger partial charge in [0.1, 0.15) is 0 Å². The van der Waals surface area contributed by atoms with Crippen LogP contribution in [0.25, 0.3) is 0 Å². The molecule has 2 N–H and O–H groups in total. The van der Waals surface area contributed by atoms with Gasteiger partial charge in [-0.1, -0.05) is 54.2 Å². The Labute approximate surface area is 162 Å². The largest absolute Gasteiger partial charge is 0.339 e. The molecule has 6 heteroatoms. The van der Waals surface area contributed by atoms with Crippen LogP contribution in [-0.4, -0.2) is 18.8 Å². The van der Waals surface area contributed by atoms with Crippen LogP contribution in [-0.2, 0) is 0 Å². The predicted octanol–water partition coefficient (Wildman–Crippen LogP) is 5.10. The number of amides is 2. The van der Waals surface area contributed by atoms with Crippen LogP contribution in [0.1, 0.15) is 0 Å². The SMILES string of the molecule is O=C(NN=CCN1c2ccccc2Sc2ccccc21)Nc1ccccc1. The smallest absolute Gasteiger partial charge is 0.334 e. The van der Waals surface area contributed by atoms with Crippen molar-refractivity contribution in [2.45, 2.75) is 9.79 Å². The Morgan fingerprint density at radius 1 is 0.889 bits per heavy atom. The summed E-state index contributed by atoms with van der Waals surface area (Å²) in [5.41, 5.74) is 5.51. The van der Waals surface area contributed by atoms with Crippen LogP contribution in [0.2, 0.25) is 0 Å². The van der Waals surface area contributed by atoms with Gasteiger partial charge in [-0.2, -0.15) is 5.10 Å². The summed E-state index contributed by atoms with van der Waals surface area (Å²) in [5.74, 6) is 0. The van der Waals surface area contributed by atoms with Gasteiger partial charge in [-0.25, -0.2) is 10.2 Å². The summed E-state index contributed by atoms with van der Waals surface area (Å²) in [7, 11) is 0. The number of hydrazone groups is 1. The van der Waals surface area contributed by atoms with Crippen LogP contribution in [0.15, 0.2) is 93.8 Å². The second-order valence-electron chi connectivity index (χ2n) is 5.89. The summed E-state index contributed by atoms with van der Waals surface area (Å²) >= 11 is 1.77. The third-order valence-electron chi connectivity index (χ3n) is 4.09. The first-order valence-corrected chi connectivity index (χ1v) is 9.40. The fourth-order valence-electron chi connectivity index (χ4n) is 2.89. The van der Waals surface area contributed by atoms with Crippen LogP contribution in [0.4, 0.5) is 21.9 Å². The van der Waals surface area contributed by atoms with Crippen molar-refractivity contribution in [2.75, 3.05) is 16.8 Å². The lowest BCUT2D eigenvalue weighted by Gasteiger charge is -2.31. The topological polar surface area (TPSA) is 56.7 Å². The van der Waals surface area contributed by atoms with Crippen molar-refractivity contribution in [1.82, 2.24) is 5.43 Å². The van der Waals surface area contributed by atoms with E-state index in [0.29, 0.717) is 6.54 Å². The van der Waals surface area contributed by atoms with Crippen molar-refractivity contribution in [1.29, 1.82) is 0 Å². The highest BCUT2D eigenvalue weighted by molar-refractivity contribution is 7.99. The molecule has 0 bridgehead atoms. The van der Waals surface area contributed by atoms with E-state index in [1.807, 2.05) is 54.6 Å². The maximum absolute atomic E-state index is 11.9.